The summed E-state index contributed by atoms with van der Waals surface area (Å²) in [6.45, 7) is 1.55. The summed E-state index contributed by atoms with van der Waals surface area (Å²) in [5, 5.41) is 8.74. The Bertz CT molecular complexity index is 979. The first kappa shape index (κ1) is 18.3. The van der Waals surface area contributed by atoms with E-state index >= 15 is 0 Å². The van der Waals surface area contributed by atoms with Crippen LogP contribution in [0, 0.1) is 0 Å². The number of ether oxygens (including phenoxy) is 2. The van der Waals surface area contributed by atoms with Gasteiger partial charge in [-0.25, -0.2) is 0 Å². The summed E-state index contributed by atoms with van der Waals surface area (Å²) < 4.78 is 10.5. The summed E-state index contributed by atoms with van der Waals surface area (Å²) in [5.74, 6) is 1.45. The fourth-order valence-electron chi connectivity index (χ4n) is 2.63. The highest BCUT2D eigenvalue weighted by atomic mass is 16.5. The number of methoxy groups -OCH3 is 2. The largest absolute Gasteiger partial charge is 0.497 e. The molecule has 0 N–H and O–H groups in total. The van der Waals surface area contributed by atoms with Crippen molar-refractivity contribution in [2.75, 3.05) is 14.2 Å². The molecule has 5 nitrogen and oxygen atoms in total. The molecule has 0 aromatic heterocycles. The maximum atomic E-state index is 11.5. The Labute approximate surface area is 158 Å². The van der Waals surface area contributed by atoms with Crippen molar-refractivity contribution in [3.8, 4) is 22.6 Å². The van der Waals surface area contributed by atoms with Gasteiger partial charge in [0.05, 0.1) is 25.6 Å². The van der Waals surface area contributed by atoms with Crippen LogP contribution in [0.3, 0.4) is 0 Å². The molecule has 0 heterocycles. The van der Waals surface area contributed by atoms with Crippen LogP contribution in [0.25, 0.3) is 11.1 Å². The predicted octanol–water partition coefficient (Wildman–Crippen LogP) is 5.99. The van der Waals surface area contributed by atoms with Crippen LogP contribution in [-0.2, 0) is 0 Å². The zero-order chi connectivity index (χ0) is 19.2. The molecule has 0 bridgehead atoms. The molecule has 0 aliphatic heterocycles. The highest BCUT2D eigenvalue weighted by Crippen LogP contribution is 2.35. The van der Waals surface area contributed by atoms with Crippen molar-refractivity contribution in [1.82, 2.24) is 0 Å². The van der Waals surface area contributed by atoms with Gasteiger partial charge in [-0.2, -0.15) is 5.11 Å². The minimum atomic E-state index is 0.0363. The second-order valence-corrected chi connectivity index (χ2v) is 5.92. The van der Waals surface area contributed by atoms with Crippen molar-refractivity contribution >= 4 is 17.2 Å². The number of carbonyl (C=O) groups is 1. The number of nitrogens with zero attached hydrogens (tertiary/aromatic N) is 2. The number of azo groups is 1. The van der Waals surface area contributed by atoms with Crippen molar-refractivity contribution < 1.29 is 14.3 Å². The first-order chi connectivity index (χ1) is 13.1. The maximum Gasteiger partial charge on any atom is 0.159 e. The van der Waals surface area contributed by atoms with E-state index in [0.29, 0.717) is 22.7 Å². The molecule has 0 aliphatic rings. The molecule has 0 radical (unpaired) electrons. The van der Waals surface area contributed by atoms with Crippen molar-refractivity contribution in [2.24, 2.45) is 10.2 Å². The van der Waals surface area contributed by atoms with Crippen LogP contribution in [0.4, 0.5) is 11.4 Å². The van der Waals surface area contributed by atoms with Crippen LogP contribution < -0.4 is 9.47 Å². The lowest BCUT2D eigenvalue weighted by Gasteiger charge is -2.08. The van der Waals surface area contributed by atoms with Gasteiger partial charge in [0.25, 0.3) is 0 Å². The third-order valence-corrected chi connectivity index (χ3v) is 4.13. The molecule has 0 unspecified atom stereocenters. The van der Waals surface area contributed by atoms with E-state index in [1.807, 2.05) is 66.7 Å². The zero-order valence-electron chi connectivity index (χ0n) is 15.5. The van der Waals surface area contributed by atoms with Crippen LogP contribution in [0.5, 0.6) is 11.5 Å². The monoisotopic (exact) mass is 360 g/mol. The molecule has 5 heteroatoms. The van der Waals surface area contributed by atoms with Crippen LogP contribution in [-0.4, -0.2) is 20.0 Å². The van der Waals surface area contributed by atoms with Crippen LogP contribution >= 0.6 is 0 Å². The standard InChI is InChI=1S/C22H20N2O3/c1-15(25)16-7-9-17(10-8-16)21-12-11-20(27-3)14-22(21)24-23-18-5-4-6-19(13-18)26-2/h4-14H,1-3H3/b24-23+. The lowest BCUT2D eigenvalue weighted by molar-refractivity contribution is 0.101. The Morgan fingerprint density at radius 3 is 2.19 bits per heavy atom. The predicted molar refractivity (Wildman–Crippen MR) is 106 cm³/mol. The number of ketones is 1. The molecule has 0 atom stereocenters. The molecule has 27 heavy (non-hydrogen) atoms. The van der Waals surface area contributed by atoms with Crippen LogP contribution in [0.15, 0.2) is 77.0 Å². The topological polar surface area (TPSA) is 60.3 Å². The second-order valence-electron chi connectivity index (χ2n) is 5.92. The van der Waals surface area contributed by atoms with E-state index in [1.54, 1.807) is 21.1 Å². The summed E-state index contributed by atoms with van der Waals surface area (Å²) >= 11 is 0. The quantitative estimate of drug-likeness (QED) is 0.401. The molecule has 0 spiro atoms. The molecule has 0 saturated heterocycles. The third-order valence-electron chi connectivity index (χ3n) is 4.13. The fraction of sp³-hybridized carbons (Fsp3) is 0.136. The van der Waals surface area contributed by atoms with Gasteiger partial charge in [0.15, 0.2) is 5.78 Å². The van der Waals surface area contributed by atoms with Gasteiger partial charge in [0, 0.05) is 23.3 Å². The van der Waals surface area contributed by atoms with Crippen LogP contribution in [0.1, 0.15) is 17.3 Å². The van der Waals surface area contributed by atoms with Gasteiger partial charge in [0.1, 0.15) is 11.5 Å². The summed E-state index contributed by atoms with van der Waals surface area (Å²) in [4.78, 5) is 11.5. The number of Topliss-reactive ketones (excluding diaryl/α,β-unsaturated/α-hetero) is 1. The molecule has 3 aromatic carbocycles. The first-order valence-electron chi connectivity index (χ1n) is 8.46. The minimum absolute atomic E-state index is 0.0363. The van der Waals surface area contributed by atoms with Gasteiger partial charge >= 0.3 is 0 Å². The molecule has 3 aromatic rings. The first-order valence-corrected chi connectivity index (χ1v) is 8.46. The van der Waals surface area contributed by atoms with E-state index < -0.39 is 0 Å². The highest BCUT2D eigenvalue weighted by Gasteiger charge is 2.08. The van der Waals surface area contributed by atoms with Crippen molar-refractivity contribution in [3.05, 3.63) is 72.3 Å². The molecular weight excluding hydrogens is 340 g/mol. The smallest absolute Gasteiger partial charge is 0.159 e. The Hall–Kier alpha value is -3.47. The lowest BCUT2D eigenvalue weighted by atomic mass is 10.0. The maximum absolute atomic E-state index is 11.5. The summed E-state index contributed by atoms with van der Waals surface area (Å²) in [7, 11) is 3.22. The molecular formula is C22H20N2O3. The van der Waals surface area contributed by atoms with Crippen molar-refractivity contribution in [3.63, 3.8) is 0 Å². The van der Waals surface area contributed by atoms with E-state index in [9.17, 15) is 4.79 Å². The van der Waals surface area contributed by atoms with E-state index in [1.165, 1.54) is 0 Å². The van der Waals surface area contributed by atoms with Gasteiger partial charge in [-0.1, -0.05) is 30.3 Å². The molecule has 0 fully saturated rings. The number of carbonyl (C=O) groups excluding carboxylic acids is 1. The van der Waals surface area contributed by atoms with E-state index in [-0.39, 0.29) is 5.78 Å². The SMILES string of the molecule is COc1cccc(/N=N/c2cc(OC)ccc2-c2ccc(C(C)=O)cc2)c1. The molecule has 0 aliphatic carbocycles. The lowest BCUT2D eigenvalue weighted by Crippen LogP contribution is -1.91. The van der Waals surface area contributed by atoms with Gasteiger partial charge in [-0.05, 0) is 36.8 Å². The molecule has 136 valence electrons. The number of hydrogen-bond acceptors (Lipinski definition) is 5. The summed E-state index contributed by atoms with van der Waals surface area (Å²) in [6, 6.07) is 20.4. The number of benzene rings is 3. The highest BCUT2D eigenvalue weighted by molar-refractivity contribution is 5.94. The zero-order valence-corrected chi connectivity index (χ0v) is 15.5. The van der Waals surface area contributed by atoms with E-state index in [0.717, 1.165) is 16.9 Å². The van der Waals surface area contributed by atoms with Gasteiger partial charge in [-0.15, -0.1) is 5.11 Å². The summed E-state index contributed by atoms with van der Waals surface area (Å²) in [6.07, 6.45) is 0. The number of hydrogen-bond donors (Lipinski definition) is 0. The Balaban J connectivity index is 2.00. The van der Waals surface area contributed by atoms with Gasteiger partial charge in [0.2, 0.25) is 0 Å². The van der Waals surface area contributed by atoms with Crippen molar-refractivity contribution in [1.29, 1.82) is 0 Å². The van der Waals surface area contributed by atoms with Gasteiger partial charge < -0.3 is 9.47 Å². The number of rotatable bonds is 6. The second kappa shape index (κ2) is 8.27. The van der Waals surface area contributed by atoms with Gasteiger partial charge in [-0.3, -0.25) is 4.79 Å². The third kappa shape index (κ3) is 4.39. The average molecular weight is 360 g/mol. The molecule has 3 rings (SSSR count). The van der Waals surface area contributed by atoms with E-state index in [4.69, 9.17) is 9.47 Å². The molecule has 0 amide bonds. The average Bonchev–Trinajstić information content (AvgIpc) is 2.72. The molecule has 0 saturated carbocycles. The fourth-order valence-corrected chi connectivity index (χ4v) is 2.63. The minimum Gasteiger partial charge on any atom is -0.497 e. The Morgan fingerprint density at radius 2 is 1.52 bits per heavy atom. The van der Waals surface area contributed by atoms with Crippen LogP contribution in [0.2, 0.25) is 0 Å². The normalized spacial score (nSPS) is 10.8. The van der Waals surface area contributed by atoms with Crippen molar-refractivity contribution in [2.45, 2.75) is 6.92 Å². The summed E-state index contributed by atoms with van der Waals surface area (Å²) in [5.41, 5.74) is 3.88. The Kier molecular flexibility index (Phi) is 5.61. The van der Waals surface area contributed by atoms with E-state index in [2.05, 4.69) is 10.2 Å². The Morgan fingerprint density at radius 1 is 0.815 bits per heavy atom.